The highest BCUT2D eigenvalue weighted by atomic mass is 35.5. The third-order valence-electron chi connectivity index (χ3n) is 3.11. The minimum Gasteiger partial charge on any atom is -0.371 e. The van der Waals surface area contributed by atoms with E-state index in [1.54, 1.807) is 24.1 Å². The summed E-state index contributed by atoms with van der Waals surface area (Å²) in [6, 6.07) is 5.38. The highest BCUT2D eigenvalue weighted by Gasteiger charge is 2.22. The Kier molecular flexibility index (Phi) is 5.08. The highest BCUT2D eigenvalue weighted by molar-refractivity contribution is 6.42. The Morgan fingerprint density at radius 3 is 2.74 bits per heavy atom. The monoisotopic (exact) mass is 301 g/mol. The minimum absolute atomic E-state index is 0.0216. The second-order valence-electron chi connectivity index (χ2n) is 4.96. The number of carbonyl (C=O) groups is 1. The molecule has 0 aromatic heterocycles. The third-order valence-corrected chi connectivity index (χ3v) is 3.84. The largest absolute Gasteiger partial charge is 0.371 e. The van der Waals surface area contributed by atoms with Gasteiger partial charge in [-0.25, -0.2) is 0 Å². The van der Waals surface area contributed by atoms with Gasteiger partial charge >= 0.3 is 0 Å². The van der Waals surface area contributed by atoms with E-state index in [-0.39, 0.29) is 12.5 Å². The number of rotatable bonds is 6. The molecule has 19 heavy (non-hydrogen) atoms. The Bertz CT molecular complexity index is 461. The summed E-state index contributed by atoms with van der Waals surface area (Å²) in [5.41, 5.74) is 0.951. The summed E-state index contributed by atoms with van der Waals surface area (Å²) in [5, 5.41) is 1.03. The molecule has 0 saturated heterocycles. The zero-order valence-electron chi connectivity index (χ0n) is 10.9. The Balaban J connectivity index is 1.79. The van der Waals surface area contributed by atoms with Gasteiger partial charge in [0.05, 0.1) is 16.7 Å². The fourth-order valence-electron chi connectivity index (χ4n) is 1.71. The van der Waals surface area contributed by atoms with Gasteiger partial charge in [-0.2, -0.15) is 0 Å². The quantitative estimate of drug-likeness (QED) is 0.806. The molecule has 0 N–H and O–H groups in total. The van der Waals surface area contributed by atoms with Crippen molar-refractivity contribution in [2.45, 2.75) is 19.4 Å². The molecule has 5 heteroatoms. The average Bonchev–Trinajstić information content (AvgIpc) is 3.17. The van der Waals surface area contributed by atoms with Crippen molar-refractivity contribution in [1.82, 2.24) is 4.90 Å². The van der Waals surface area contributed by atoms with Gasteiger partial charge in [0.2, 0.25) is 5.91 Å². The summed E-state index contributed by atoms with van der Waals surface area (Å²) in [6.07, 6.45) is 2.46. The van der Waals surface area contributed by atoms with Gasteiger partial charge in [-0.15, -0.1) is 0 Å². The maximum Gasteiger partial charge on any atom is 0.248 e. The van der Waals surface area contributed by atoms with Gasteiger partial charge in [0.15, 0.2) is 0 Å². The molecule has 0 heterocycles. The van der Waals surface area contributed by atoms with Crippen LogP contribution in [0.15, 0.2) is 18.2 Å². The molecule has 1 aromatic rings. The third kappa shape index (κ3) is 4.68. The Morgan fingerprint density at radius 2 is 2.11 bits per heavy atom. The van der Waals surface area contributed by atoms with Crippen molar-refractivity contribution in [2.24, 2.45) is 5.92 Å². The van der Waals surface area contributed by atoms with E-state index in [9.17, 15) is 4.79 Å². The standard InChI is InChI=1S/C14H17Cl2NO2/c1-17(14(18)9-19-8-10-2-3-10)7-11-4-5-12(15)13(16)6-11/h4-6,10H,2-3,7-9H2,1H3. The maximum absolute atomic E-state index is 11.8. The first kappa shape index (κ1) is 14.6. The molecule has 1 saturated carbocycles. The van der Waals surface area contributed by atoms with Crippen LogP contribution in [-0.2, 0) is 16.1 Å². The molecule has 1 aromatic carbocycles. The van der Waals surface area contributed by atoms with Gasteiger partial charge in [0.25, 0.3) is 0 Å². The Hall–Kier alpha value is -0.770. The average molecular weight is 302 g/mol. The summed E-state index contributed by atoms with van der Waals surface area (Å²) in [7, 11) is 1.76. The van der Waals surface area contributed by atoms with Crippen LogP contribution in [0, 0.1) is 5.92 Å². The number of hydrogen-bond acceptors (Lipinski definition) is 2. The molecule has 104 valence electrons. The molecular formula is C14H17Cl2NO2. The normalized spacial score (nSPS) is 14.5. The summed E-state index contributed by atoms with van der Waals surface area (Å²) in [5.74, 6) is 0.653. The molecule has 0 bridgehead atoms. The van der Waals surface area contributed by atoms with E-state index >= 15 is 0 Å². The predicted octanol–water partition coefficient (Wildman–Crippen LogP) is 3.38. The van der Waals surface area contributed by atoms with Gasteiger partial charge in [0, 0.05) is 13.6 Å². The fourth-order valence-corrected chi connectivity index (χ4v) is 2.03. The van der Waals surface area contributed by atoms with Crippen LogP contribution < -0.4 is 0 Å². The van der Waals surface area contributed by atoms with Gasteiger partial charge in [0.1, 0.15) is 6.61 Å². The molecule has 1 aliphatic carbocycles. The van der Waals surface area contributed by atoms with Gasteiger partial charge < -0.3 is 9.64 Å². The molecule has 0 spiro atoms. The highest BCUT2D eigenvalue weighted by Crippen LogP contribution is 2.28. The number of halogens is 2. The first-order valence-electron chi connectivity index (χ1n) is 6.32. The van der Waals surface area contributed by atoms with E-state index in [0.29, 0.717) is 29.1 Å². The van der Waals surface area contributed by atoms with Gasteiger partial charge in [-0.05, 0) is 36.5 Å². The number of amides is 1. The van der Waals surface area contributed by atoms with Crippen LogP contribution in [0.4, 0.5) is 0 Å². The molecule has 1 fully saturated rings. The Morgan fingerprint density at radius 1 is 1.37 bits per heavy atom. The van der Waals surface area contributed by atoms with Crippen molar-refractivity contribution in [3.8, 4) is 0 Å². The zero-order valence-corrected chi connectivity index (χ0v) is 12.4. The first-order valence-corrected chi connectivity index (χ1v) is 7.07. The van der Waals surface area contributed by atoms with Crippen LogP contribution >= 0.6 is 23.2 Å². The number of ether oxygens (including phenoxy) is 1. The second-order valence-corrected chi connectivity index (χ2v) is 5.77. The first-order chi connectivity index (χ1) is 9.06. The van der Waals surface area contributed by atoms with Crippen molar-refractivity contribution < 1.29 is 9.53 Å². The van der Waals surface area contributed by atoms with Gasteiger partial charge in [-0.3, -0.25) is 4.79 Å². The maximum atomic E-state index is 11.8. The van der Waals surface area contributed by atoms with Crippen molar-refractivity contribution in [3.63, 3.8) is 0 Å². The number of nitrogens with zero attached hydrogens (tertiary/aromatic N) is 1. The van der Waals surface area contributed by atoms with Crippen LogP contribution in [0.2, 0.25) is 10.0 Å². The summed E-state index contributed by atoms with van der Waals surface area (Å²) in [6.45, 7) is 1.35. The van der Waals surface area contributed by atoms with Gasteiger partial charge in [-0.1, -0.05) is 29.3 Å². The molecule has 3 nitrogen and oxygen atoms in total. The molecule has 0 radical (unpaired) electrons. The number of likely N-dealkylation sites (N-methyl/N-ethyl adjacent to an activating group) is 1. The fraction of sp³-hybridized carbons (Fsp3) is 0.500. The van der Waals surface area contributed by atoms with Crippen LogP contribution in [0.3, 0.4) is 0 Å². The number of hydrogen-bond donors (Lipinski definition) is 0. The van der Waals surface area contributed by atoms with Crippen molar-refractivity contribution in [3.05, 3.63) is 33.8 Å². The molecule has 1 amide bonds. The van der Waals surface area contributed by atoms with E-state index < -0.39 is 0 Å². The molecule has 0 unspecified atom stereocenters. The zero-order chi connectivity index (χ0) is 13.8. The summed E-state index contributed by atoms with van der Waals surface area (Å²) < 4.78 is 5.38. The van der Waals surface area contributed by atoms with Crippen LogP contribution in [0.5, 0.6) is 0 Å². The van der Waals surface area contributed by atoms with E-state index in [1.165, 1.54) is 12.8 Å². The summed E-state index contributed by atoms with van der Waals surface area (Å²) in [4.78, 5) is 13.5. The molecular weight excluding hydrogens is 285 g/mol. The minimum atomic E-state index is -0.0216. The lowest BCUT2D eigenvalue weighted by molar-refractivity contribution is -0.135. The van der Waals surface area contributed by atoms with Crippen LogP contribution in [0.1, 0.15) is 18.4 Å². The molecule has 1 aliphatic rings. The number of benzene rings is 1. The SMILES string of the molecule is CN(Cc1ccc(Cl)c(Cl)c1)C(=O)COCC1CC1. The molecule has 2 rings (SSSR count). The van der Waals surface area contributed by atoms with E-state index in [2.05, 4.69) is 0 Å². The van der Waals surface area contributed by atoms with E-state index in [4.69, 9.17) is 27.9 Å². The smallest absolute Gasteiger partial charge is 0.248 e. The Labute approximate surface area is 123 Å². The predicted molar refractivity (Wildman–Crippen MR) is 76.5 cm³/mol. The summed E-state index contributed by atoms with van der Waals surface area (Å²) >= 11 is 11.8. The topological polar surface area (TPSA) is 29.5 Å². The van der Waals surface area contributed by atoms with Crippen molar-refractivity contribution in [2.75, 3.05) is 20.3 Å². The molecule has 0 aliphatic heterocycles. The lowest BCUT2D eigenvalue weighted by Crippen LogP contribution is -2.30. The van der Waals surface area contributed by atoms with Crippen LogP contribution in [0.25, 0.3) is 0 Å². The lowest BCUT2D eigenvalue weighted by Gasteiger charge is -2.17. The van der Waals surface area contributed by atoms with Crippen molar-refractivity contribution >= 4 is 29.1 Å². The van der Waals surface area contributed by atoms with E-state index in [0.717, 1.165) is 5.56 Å². The second kappa shape index (κ2) is 6.60. The number of carbonyl (C=O) groups excluding carboxylic acids is 1. The van der Waals surface area contributed by atoms with Crippen LogP contribution in [-0.4, -0.2) is 31.1 Å². The molecule has 0 atom stereocenters. The lowest BCUT2D eigenvalue weighted by atomic mass is 10.2. The van der Waals surface area contributed by atoms with Crippen molar-refractivity contribution in [1.29, 1.82) is 0 Å². The van der Waals surface area contributed by atoms with E-state index in [1.807, 2.05) is 6.07 Å².